The van der Waals surface area contributed by atoms with Gasteiger partial charge in [0.25, 0.3) is 0 Å². The first kappa shape index (κ1) is 15.4. The number of carbonyl (C=O) groups excluding carboxylic acids is 2. The molecule has 5 nitrogen and oxygen atoms in total. The molecular weight excluding hydrogens is 270 g/mol. The van der Waals surface area contributed by atoms with E-state index < -0.39 is 5.92 Å². The van der Waals surface area contributed by atoms with Crippen molar-refractivity contribution in [3.8, 4) is 0 Å². The zero-order valence-electron chi connectivity index (χ0n) is 12.1. The molecular formula is C16H19NO4. The van der Waals surface area contributed by atoms with E-state index >= 15 is 0 Å². The van der Waals surface area contributed by atoms with Crippen molar-refractivity contribution in [2.24, 2.45) is 5.92 Å². The van der Waals surface area contributed by atoms with Gasteiger partial charge in [0.1, 0.15) is 11.6 Å². The van der Waals surface area contributed by atoms with E-state index in [1.54, 1.807) is 0 Å². The van der Waals surface area contributed by atoms with Crippen molar-refractivity contribution in [1.82, 2.24) is 0 Å². The van der Waals surface area contributed by atoms with Crippen LogP contribution >= 0.6 is 0 Å². The van der Waals surface area contributed by atoms with E-state index in [0.29, 0.717) is 25.7 Å². The summed E-state index contributed by atoms with van der Waals surface area (Å²) >= 11 is 0. The Hall–Kier alpha value is -2.04. The highest BCUT2D eigenvalue weighted by molar-refractivity contribution is 6.08. The van der Waals surface area contributed by atoms with Crippen LogP contribution in [0.5, 0.6) is 0 Å². The second-order valence-corrected chi connectivity index (χ2v) is 5.69. The predicted molar refractivity (Wildman–Crippen MR) is 77.8 cm³/mol. The summed E-state index contributed by atoms with van der Waals surface area (Å²) < 4.78 is 0. The highest BCUT2D eigenvalue weighted by Gasteiger charge is 2.33. The Kier molecular flexibility index (Phi) is 4.83. The largest absolute Gasteiger partial charge is 0.299 e. The quantitative estimate of drug-likeness (QED) is 0.458. The highest BCUT2D eigenvalue weighted by atomic mass is 16.6. The molecule has 5 heteroatoms. The van der Waals surface area contributed by atoms with E-state index in [1.165, 1.54) is 0 Å². The predicted octanol–water partition coefficient (Wildman–Crippen LogP) is 2.68. The molecule has 0 heterocycles. The molecule has 0 aliphatic heterocycles. The molecule has 0 amide bonds. The van der Waals surface area contributed by atoms with Gasteiger partial charge in [0.2, 0.25) is 6.54 Å². The topological polar surface area (TPSA) is 77.3 Å². The van der Waals surface area contributed by atoms with Gasteiger partial charge >= 0.3 is 0 Å². The first-order valence-corrected chi connectivity index (χ1v) is 7.21. The summed E-state index contributed by atoms with van der Waals surface area (Å²) in [5.41, 5.74) is 2.00. The Labute approximate surface area is 123 Å². The molecule has 1 aromatic rings. The van der Waals surface area contributed by atoms with E-state index in [1.807, 2.05) is 31.2 Å². The van der Waals surface area contributed by atoms with Crippen LogP contribution in [0.3, 0.4) is 0 Å². The molecule has 1 atom stereocenters. The molecule has 2 rings (SSSR count). The minimum absolute atomic E-state index is 0.0104. The van der Waals surface area contributed by atoms with Gasteiger partial charge in [-0.2, -0.15) is 0 Å². The van der Waals surface area contributed by atoms with Gasteiger partial charge in [-0.25, -0.2) is 0 Å². The zero-order chi connectivity index (χ0) is 15.4. The van der Waals surface area contributed by atoms with Crippen LogP contribution in [0.15, 0.2) is 24.3 Å². The van der Waals surface area contributed by atoms with Gasteiger partial charge in [0.15, 0.2) is 0 Å². The number of nitro groups is 1. The van der Waals surface area contributed by atoms with Crippen molar-refractivity contribution in [2.75, 3.05) is 6.54 Å². The molecule has 1 saturated carbocycles. The zero-order valence-corrected chi connectivity index (χ0v) is 12.1. The Morgan fingerprint density at radius 2 is 1.76 bits per heavy atom. The summed E-state index contributed by atoms with van der Waals surface area (Å²) in [6, 6.07) is 7.63. The number of aryl methyl sites for hydroxylation is 1. The summed E-state index contributed by atoms with van der Waals surface area (Å²) in [4.78, 5) is 33.8. The molecule has 0 saturated heterocycles. The summed E-state index contributed by atoms with van der Waals surface area (Å²) in [5, 5.41) is 10.8. The van der Waals surface area contributed by atoms with E-state index in [-0.39, 0.29) is 29.0 Å². The lowest BCUT2D eigenvalue weighted by Gasteiger charge is -2.15. The number of nitrogens with zero attached hydrogens (tertiary/aromatic N) is 1. The van der Waals surface area contributed by atoms with Crippen molar-refractivity contribution in [3.05, 3.63) is 45.5 Å². The molecule has 112 valence electrons. The molecule has 1 unspecified atom stereocenters. The maximum Gasteiger partial charge on any atom is 0.210 e. The van der Waals surface area contributed by atoms with Crippen LogP contribution in [-0.4, -0.2) is 23.0 Å². The third-order valence-electron chi connectivity index (χ3n) is 4.12. The van der Waals surface area contributed by atoms with Gasteiger partial charge in [0.05, 0.1) is 5.92 Å². The van der Waals surface area contributed by atoms with Gasteiger partial charge in [-0.3, -0.25) is 19.7 Å². The number of hydrogen-bond donors (Lipinski definition) is 0. The lowest BCUT2D eigenvalue weighted by Crippen LogP contribution is -2.18. The Bertz CT molecular complexity index is 534. The van der Waals surface area contributed by atoms with Crippen molar-refractivity contribution < 1.29 is 14.5 Å². The number of Topliss-reactive ketones (excluding diaryl/α,β-unsaturated/α-hetero) is 2. The SMILES string of the molecule is Cc1ccc(C(CCC2C(=O)CCC2=O)C[N+](=O)[O-])cc1. The summed E-state index contributed by atoms with van der Waals surface area (Å²) in [6.45, 7) is 1.79. The van der Waals surface area contributed by atoms with Gasteiger partial charge in [-0.05, 0) is 25.3 Å². The fraction of sp³-hybridized carbons (Fsp3) is 0.500. The average molecular weight is 289 g/mol. The Morgan fingerprint density at radius 3 is 2.29 bits per heavy atom. The van der Waals surface area contributed by atoms with Crippen LogP contribution < -0.4 is 0 Å². The lowest BCUT2D eigenvalue weighted by atomic mass is 9.89. The number of ketones is 2. The molecule has 1 fully saturated rings. The number of benzene rings is 1. The normalized spacial score (nSPS) is 17.2. The first-order chi connectivity index (χ1) is 9.97. The van der Waals surface area contributed by atoms with Gasteiger partial charge in [-0.15, -0.1) is 0 Å². The van der Waals surface area contributed by atoms with E-state index in [9.17, 15) is 19.7 Å². The third-order valence-corrected chi connectivity index (χ3v) is 4.12. The maximum atomic E-state index is 11.6. The minimum atomic E-state index is -0.537. The first-order valence-electron chi connectivity index (χ1n) is 7.21. The molecule has 0 N–H and O–H groups in total. The van der Waals surface area contributed by atoms with Crippen LogP contribution in [0.4, 0.5) is 0 Å². The molecule has 0 spiro atoms. The lowest BCUT2D eigenvalue weighted by molar-refractivity contribution is -0.483. The number of rotatable bonds is 6. The molecule has 1 aromatic carbocycles. The van der Waals surface area contributed by atoms with Gasteiger partial charge in [0, 0.05) is 23.7 Å². The van der Waals surface area contributed by atoms with Crippen molar-refractivity contribution in [3.63, 3.8) is 0 Å². The van der Waals surface area contributed by atoms with Crippen molar-refractivity contribution >= 4 is 11.6 Å². The maximum absolute atomic E-state index is 11.6. The molecule has 21 heavy (non-hydrogen) atoms. The van der Waals surface area contributed by atoms with Gasteiger partial charge < -0.3 is 0 Å². The van der Waals surface area contributed by atoms with E-state index in [4.69, 9.17) is 0 Å². The molecule has 0 bridgehead atoms. The smallest absolute Gasteiger partial charge is 0.210 e. The fourth-order valence-corrected chi connectivity index (χ4v) is 2.85. The van der Waals surface area contributed by atoms with Gasteiger partial charge in [-0.1, -0.05) is 29.8 Å². The summed E-state index contributed by atoms with van der Waals surface area (Å²) in [7, 11) is 0. The monoisotopic (exact) mass is 289 g/mol. The Morgan fingerprint density at radius 1 is 1.19 bits per heavy atom. The van der Waals surface area contributed by atoms with Crippen LogP contribution in [0.25, 0.3) is 0 Å². The van der Waals surface area contributed by atoms with Crippen LogP contribution in [0, 0.1) is 23.0 Å². The second-order valence-electron chi connectivity index (χ2n) is 5.69. The third kappa shape index (κ3) is 3.97. The van der Waals surface area contributed by atoms with Crippen LogP contribution in [0.2, 0.25) is 0 Å². The standard InChI is InChI=1S/C16H19NO4/c1-11-2-4-12(5-3-11)13(10-17(20)21)6-7-14-15(18)8-9-16(14)19/h2-5,13-14H,6-10H2,1H3. The Balaban J connectivity index is 2.06. The molecule has 1 aliphatic rings. The van der Waals surface area contributed by atoms with E-state index in [0.717, 1.165) is 11.1 Å². The highest BCUT2D eigenvalue weighted by Crippen LogP contribution is 2.28. The van der Waals surface area contributed by atoms with Crippen LogP contribution in [0.1, 0.15) is 42.7 Å². The molecule has 1 aliphatic carbocycles. The number of hydrogen-bond acceptors (Lipinski definition) is 4. The van der Waals surface area contributed by atoms with Crippen molar-refractivity contribution in [2.45, 2.75) is 38.5 Å². The summed E-state index contributed by atoms with van der Waals surface area (Å²) in [5.74, 6) is -0.806. The molecule has 0 aromatic heterocycles. The molecule has 0 radical (unpaired) electrons. The van der Waals surface area contributed by atoms with E-state index in [2.05, 4.69) is 0 Å². The fourth-order valence-electron chi connectivity index (χ4n) is 2.85. The number of carbonyl (C=O) groups is 2. The average Bonchev–Trinajstić information content (AvgIpc) is 2.75. The second kappa shape index (κ2) is 6.61. The minimum Gasteiger partial charge on any atom is -0.299 e. The summed E-state index contributed by atoms with van der Waals surface area (Å²) in [6.07, 6.45) is 1.57. The van der Waals surface area contributed by atoms with Crippen LogP contribution in [-0.2, 0) is 9.59 Å². The van der Waals surface area contributed by atoms with Crippen molar-refractivity contribution in [1.29, 1.82) is 0 Å².